The fourth-order valence-corrected chi connectivity index (χ4v) is 1.14. The molecular formula is C8H15N. The van der Waals surface area contributed by atoms with Gasteiger partial charge in [-0.1, -0.05) is 31.9 Å². The quantitative estimate of drug-likeness (QED) is 0.566. The van der Waals surface area contributed by atoms with E-state index in [4.69, 9.17) is 0 Å². The van der Waals surface area contributed by atoms with Crippen molar-refractivity contribution in [1.82, 2.24) is 5.32 Å². The molecule has 1 atom stereocenters. The highest BCUT2D eigenvalue weighted by Gasteiger charge is 2.05. The van der Waals surface area contributed by atoms with Crippen molar-refractivity contribution in [3.8, 4) is 0 Å². The van der Waals surface area contributed by atoms with Crippen LogP contribution in [0.15, 0.2) is 12.2 Å². The number of rotatable bonds is 3. The molecule has 9 heavy (non-hydrogen) atoms. The molecule has 1 N–H and O–H groups in total. The Morgan fingerprint density at radius 3 is 3.11 bits per heavy atom. The maximum absolute atomic E-state index is 3.38. The Bertz CT molecular complexity index is 96.7. The normalized spacial score (nSPS) is 25.2. The van der Waals surface area contributed by atoms with E-state index in [1.807, 2.05) is 0 Å². The Kier molecular flexibility index (Phi) is 2.78. The molecule has 0 amide bonds. The average Bonchev–Trinajstić information content (AvgIpc) is 2.34. The van der Waals surface area contributed by atoms with Crippen LogP contribution >= 0.6 is 0 Å². The van der Waals surface area contributed by atoms with Gasteiger partial charge >= 0.3 is 0 Å². The van der Waals surface area contributed by atoms with E-state index in [0.29, 0.717) is 6.04 Å². The molecule has 0 saturated carbocycles. The Balaban J connectivity index is 2.05. The minimum Gasteiger partial charge on any atom is -0.307 e. The zero-order valence-electron chi connectivity index (χ0n) is 6.06. The third kappa shape index (κ3) is 2.19. The predicted octanol–water partition coefficient (Wildman–Crippen LogP) is 1.70. The van der Waals surface area contributed by atoms with Crippen molar-refractivity contribution in [1.29, 1.82) is 0 Å². The largest absolute Gasteiger partial charge is 0.307 e. The summed E-state index contributed by atoms with van der Waals surface area (Å²) >= 11 is 0. The second-order valence-corrected chi connectivity index (χ2v) is 2.59. The van der Waals surface area contributed by atoms with Crippen LogP contribution in [-0.2, 0) is 0 Å². The Hall–Kier alpha value is -0.300. The molecule has 0 saturated heterocycles. The molecule has 1 aliphatic rings. The molecule has 0 fully saturated rings. The van der Waals surface area contributed by atoms with Crippen molar-refractivity contribution in [2.75, 3.05) is 6.54 Å². The van der Waals surface area contributed by atoms with Crippen molar-refractivity contribution >= 4 is 0 Å². The lowest BCUT2D eigenvalue weighted by Crippen LogP contribution is -2.21. The Morgan fingerprint density at radius 1 is 1.67 bits per heavy atom. The van der Waals surface area contributed by atoms with Crippen LogP contribution in [0.4, 0.5) is 0 Å². The van der Waals surface area contributed by atoms with Gasteiger partial charge in [-0.2, -0.15) is 0 Å². The van der Waals surface area contributed by atoms with Crippen LogP contribution < -0.4 is 5.32 Å². The first-order valence-corrected chi connectivity index (χ1v) is 3.83. The van der Waals surface area contributed by atoms with Gasteiger partial charge in [-0.05, 0) is 6.42 Å². The van der Waals surface area contributed by atoms with Gasteiger partial charge in [0.2, 0.25) is 0 Å². The molecule has 52 valence electrons. The molecule has 0 aromatic carbocycles. The second-order valence-electron chi connectivity index (χ2n) is 2.59. The molecule has 0 bridgehead atoms. The lowest BCUT2D eigenvalue weighted by molar-refractivity contribution is 0.582. The molecule has 0 unspecified atom stereocenters. The molecule has 1 heterocycles. The van der Waals surface area contributed by atoms with Gasteiger partial charge in [0.15, 0.2) is 0 Å². The maximum atomic E-state index is 3.38. The van der Waals surface area contributed by atoms with Crippen LogP contribution in [-0.4, -0.2) is 12.6 Å². The maximum Gasteiger partial charge on any atom is 0.0253 e. The molecule has 1 rings (SSSR count). The van der Waals surface area contributed by atoms with Gasteiger partial charge in [-0.3, -0.25) is 0 Å². The van der Waals surface area contributed by atoms with E-state index >= 15 is 0 Å². The zero-order chi connectivity index (χ0) is 6.53. The van der Waals surface area contributed by atoms with Crippen molar-refractivity contribution in [3.63, 3.8) is 0 Å². The van der Waals surface area contributed by atoms with Crippen LogP contribution in [0.5, 0.6) is 0 Å². The summed E-state index contributed by atoms with van der Waals surface area (Å²) in [5.41, 5.74) is 0. The van der Waals surface area contributed by atoms with Gasteiger partial charge < -0.3 is 5.32 Å². The number of hydrogen-bond acceptors (Lipinski definition) is 1. The summed E-state index contributed by atoms with van der Waals surface area (Å²) in [7, 11) is 0. The molecule has 0 aliphatic carbocycles. The van der Waals surface area contributed by atoms with Crippen LogP contribution in [0.1, 0.15) is 26.2 Å². The number of hydrogen-bond donors (Lipinski definition) is 1. The van der Waals surface area contributed by atoms with Crippen LogP contribution in [0, 0.1) is 0 Å². The number of nitrogens with one attached hydrogen (secondary N) is 1. The SMILES string of the molecule is CCCC[C@H]1C=CCN1. The zero-order valence-corrected chi connectivity index (χ0v) is 6.06. The van der Waals surface area contributed by atoms with Crippen LogP contribution in [0.25, 0.3) is 0 Å². The van der Waals surface area contributed by atoms with Crippen molar-refractivity contribution in [3.05, 3.63) is 12.2 Å². The Labute approximate surface area is 57.1 Å². The molecule has 1 heteroatoms. The summed E-state index contributed by atoms with van der Waals surface area (Å²) < 4.78 is 0. The van der Waals surface area contributed by atoms with Gasteiger partial charge in [-0.25, -0.2) is 0 Å². The van der Waals surface area contributed by atoms with Gasteiger partial charge in [0.05, 0.1) is 0 Å². The van der Waals surface area contributed by atoms with E-state index in [-0.39, 0.29) is 0 Å². The van der Waals surface area contributed by atoms with E-state index in [1.165, 1.54) is 19.3 Å². The van der Waals surface area contributed by atoms with Crippen molar-refractivity contribution < 1.29 is 0 Å². The summed E-state index contributed by atoms with van der Waals surface area (Å²) in [6.45, 7) is 3.31. The summed E-state index contributed by atoms with van der Waals surface area (Å²) in [5, 5.41) is 3.38. The first kappa shape index (κ1) is 6.81. The summed E-state index contributed by atoms with van der Waals surface area (Å²) in [4.78, 5) is 0. The summed E-state index contributed by atoms with van der Waals surface area (Å²) in [6, 6.07) is 0.685. The molecule has 1 aliphatic heterocycles. The van der Waals surface area contributed by atoms with Gasteiger partial charge in [-0.15, -0.1) is 0 Å². The lowest BCUT2D eigenvalue weighted by Gasteiger charge is -2.05. The van der Waals surface area contributed by atoms with Gasteiger partial charge in [0.1, 0.15) is 0 Å². The van der Waals surface area contributed by atoms with Gasteiger partial charge in [0.25, 0.3) is 0 Å². The van der Waals surface area contributed by atoms with E-state index < -0.39 is 0 Å². The van der Waals surface area contributed by atoms with Gasteiger partial charge in [0, 0.05) is 12.6 Å². The first-order chi connectivity index (χ1) is 4.43. The van der Waals surface area contributed by atoms with E-state index in [9.17, 15) is 0 Å². The fourth-order valence-electron chi connectivity index (χ4n) is 1.14. The lowest BCUT2D eigenvalue weighted by atomic mass is 10.1. The van der Waals surface area contributed by atoms with Crippen LogP contribution in [0.2, 0.25) is 0 Å². The van der Waals surface area contributed by atoms with E-state index in [2.05, 4.69) is 24.4 Å². The minimum absolute atomic E-state index is 0.685. The third-order valence-electron chi connectivity index (χ3n) is 1.73. The molecular weight excluding hydrogens is 110 g/mol. The predicted molar refractivity (Wildman–Crippen MR) is 40.5 cm³/mol. The summed E-state index contributed by atoms with van der Waals surface area (Å²) in [6.07, 6.45) is 8.46. The second kappa shape index (κ2) is 3.67. The highest BCUT2D eigenvalue weighted by Crippen LogP contribution is 2.04. The molecule has 0 aromatic heterocycles. The minimum atomic E-state index is 0.685. The molecule has 0 radical (unpaired) electrons. The highest BCUT2D eigenvalue weighted by molar-refractivity contribution is 5.01. The fraction of sp³-hybridized carbons (Fsp3) is 0.750. The summed E-state index contributed by atoms with van der Waals surface area (Å²) in [5.74, 6) is 0. The monoisotopic (exact) mass is 125 g/mol. The Morgan fingerprint density at radius 2 is 2.56 bits per heavy atom. The van der Waals surface area contributed by atoms with E-state index in [0.717, 1.165) is 6.54 Å². The topological polar surface area (TPSA) is 12.0 Å². The molecule has 1 nitrogen and oxygen atoms in total. The third-order valence-corrected chi connectivity index (χ3v) is 1.73. The standard InChI is InChI=1S/C8H15N/c1-2-3-5-8-6-4-7-9-8/h4,6,8-9H,2-3,5,7H2,1H3/t8-/m0/s1. The highest BCUT2D eigenvalue weighted by atomic mass is 14.9. The number of unbranched alkanes of at least 4 members (excludes halogenated alkanes) is 1. The molecule has 0 aromatic rings. The van der Waals surface area contributed by atoms with Crippen molar-refractivity contribution in [2.45, 2.75) is 32.2 Å². The van der Waals surface area contributed by atoms with Crippen molar-refractivity contribution in [2.24, 2.45) is 0 Å². The van der Waals surface area contributed by atoms with Crippen LogP contribution in [0.3, 0.4) is 0 Å². The average molecular weight is 125 g/mol. The van der Waals surface area contributed by atoms with E-state index in [1.54, 1.807) is 0 Å². The smallest absolute Gasteiger partial charge is 0.0253 e. The first-order valence-electron chi connectivity index (χ1n) is 3.83. The molecule has 0 spiro atoms.